The van der Waals surface area contributed by atoms with Crippen LogP contribution in [-0.2, 0) is 10.8 Å². The summed E-state index contributed by atoms with van der Waals surface area (Å²) in [6.07, 6.45) is 0. The van der Waals surface area contributed by atoms with E-state index in [-0.39, 0.29) is 62.7 Å². The maximum absolute atomic E-state index is 11.2. The number of hydrogen-bond donors (Lipinski definition) is 2. The Bertz CT molecular complexity index is 489. The first-order valence-corrected chi connectivity index (χ1v) is 6.06. The van der Waals surface area contributed by atoms with Crippen LogP contribution in [0.4, 0.5) is 0 Å². The minimum absolute atomic E-state index is 0. The van der Waals surface area contributed by atoms with Gasteiger partial charge in [-0.2, -0.15) is 0 Å². The standard InChI is InChI=1S/C15H22O3.Ca.2H/c1-14(2,3)9-7-10(13(17)18)12(16)11(8-9)15(4,5)6;;;/h7-8,16H,1-6H3,(H,17,18);;;/q;+2;2*-1. The van der Waals surface area contributed by atoms with Gasteiger partial charge >= 0.3 is 43.7 Å². The van der Waals surface area contributed by atoms with E-state index in [0.717, 1.165) is 5.56 Å². The molecule has 0 aliphatic rings. The van der Waals surface area contributed by atoms with Crippen LogP contribution in [0, 0.1) is 0 Å². The van der Waals surface area contributed by atoms with Gasteiger partial charge in [-0.3, -0.25) is 0 Å². The van der Waals surface area contributed by atoms with Gasteiger partial charge in [0.15, 0.2) is 0 Å². The Kier molecular flexibility index (Phi) is 5.95. The molecule has 0 unspecified atom stereocenters. The van der Waals surface area contributed by atoms with E-state index in [9.17, 15) is 15.0 Å². The first-order chi connectivity index (χ1) is 7.94. The molecule has 0 bridgehead atoms. The summed E-state index contributed by atoms with van der Waals surface area (Å²) in [5, 5.41) is 19.3. The zero-order valence-electron chi connectivity index (χ0n) is 14.7. The van der Waals surface area contributed by atoms with Crippen molar-refractivity contribution in [2.75, 3.05) is 0 Å². The number of hydrogen-bond acceptors (Lipinski definition) is 2. The van der Waals surface area contributed by atoms with Gasteiger partial charge in [0, 0.05) is 5.56 Å². The zero-order valence-corrected chi connectivity index (χ0v) is 14.9. The maximum Gasteiger partial charge on any atom is 2.00 e. The van der Waals surface area contributed by atoms with Crippen molar-refractivity contribution in [2.45, 2.75) is 52.4 Å². The number of phenols is 1. The summed E-state index contributed by atoms with van der Waals surface area (Å²) in [6, 6.07) is 3.47. The van der Waals surface area contributed by atoms with Crippen LogP contribution in [0.15, 0.2) is 12.1 Å². The van der Waals surface area contributed by atoms with E-state index < -0.39 is 5.97 Å². The molecule has 1 aromatic rings. The van der Waals surface area contributed by atoms with Gasteiger partial charge in [0.25, 0.3) is 0 Å². The summed E-state index contributed by atoms with van der Waals surface area (Å²) in [7, 11) is 0. The van der Waals surface area contributed by atoms with Crippen LogP contribution < -0.4 is 0 Å². The van der Waals surface area contributed by atoms with Crippen molar-refractivity contribution in [3.05, 3.63) is 28.8 Å². The van der Waals surface area contributed by atoms with E-state index in [4.69, 9.17) is 0 Å². The Labute approximate surface area is 148 Å². The number of benzene rings is 1. The molecule has 0 amide bonds. The van der Waals surface area contributed by atoms with Crippen LogP contribution in [-0.4, -0.2) is 53.9 Å². The average Bonchev–Trinajstić information content (AvgIpc) is 2.13. The number of carbonyl (C=O) groups is 1. The molecule has 0 aliphatic heterocycles. The van der Waals surface area contributed by atoms with Gasteiger partial charge in [0.2, 0.25) is 0 Å². The van der Waals surface area contributed by atoms with Crippen LogP contribution in [0.25, 0.3) is 0 Å². The number of carboxylic acids is 1. The predicted octanol–water partition coefficient (Wildman–Crippen LogP) is 3.53. The van der Waals surface area contributed by atoms with Crippen molar-refractivity contribution in [1.29, 1.82) is 0 Å². The Morgan fingerprint density at radius 1 is 1.05 bits per heavy atom. The minimum Gasteiger partial charge on any atom is -1.00 e. The van der Waals surface area contributed by atoms with Crippen LogP contribution in [0.2, 0.25) is 0 Å². The molecule has 1 rings (SSSR count). The van der Waals surface area contributed by atoms with E-state index in [0.29, 0.717) is 5.56 Å². The van der Waals surface area contributed by atoms with Crippen LogP contribution >= 0.6 is 0 Å². The van der Waals surface area contributed by atoms with Gasteiger partial charge in [0.1, 0.15) is 11.3 Å². The monoisotopic (exact) mass is 292 g/mol. The molecule has 0 radical (unpaired) electrons. The quantitative estimate of drug-likeness (QED) is 0.779. The molecule has 104 valence electrons. The Balaban J connectivity index is -0.00000108. The van der Waals surface area contributed by atoms with Crippen molar-refractivity contribution in [1.82, 2.24) is 0 Å². The Morgan fingerprint density at radius 3 is 1.84 bits per heavy atom. The molecular formula is C15H24CaO3. The summed E-state index contributed by atoms with van der Waals surface area (Å²) < 4.78 is 0. The van der Waals surface area contributed by atoms with Gasteiger partial charge in [-0.15, -0.1) is 0 Å². The topological polar surface area (TPSA) is 57.5 Å². The second-order valence-corrected chi connectivity index (χ2v) is 6.73. The molecule has 0 atom stereocenters. The molecule has 0 fully saturated rings. The molecule has 0 saturated heterocycles. The summed E-state index contributed by atoms with van der Waals surface area (Å²) in [5.74, 6) is -1.22. The van der Waals surface area contributed by atoms with E-state index in [1.807, 2.05) is 47.6 Å². The number of carboxylic acid groups (broad SMARTS) is 1. The molecule has 0 aliphatic carbocycles. The fraction of sp³-hybridized carbons (Fsp3) is 0.533. The first-order valence-electron chi connectivity index (χ1n) is 6.06. The number of rotatable bonds is 1. The van der Waals surface area contributed by atoms with Crippen molar-refractivity contribution >= 4 is 43.7 Å². The number of aromatic hydroxyl groups is 1. The van der Waals surface area contributed by atoms with E-state index >= 15 is 0 Å². The van der Waals surface area contributed by atoms with Crippen LogP contribution in [0.1, 0.15) is 65.9 Å². The fourth-order valence-corrected chi connectivity index (χ4v) is 1.80. The summed E-state index contributed by atoms with van der Waals surface area (Å²) >= 11 is 0. The van der Waals surface area contributed by atoms with Gasteiger partial charge in [-0.1, -0.05) is 47.6 Å². The van der Waals surface area contributed by atoms with Gasteiger partial charge in [-0.25, -0.2) is 4.79 Å². The molecule has 0 heterocycles. The third-order valence-corrected chi connectivity index (χ3v) is 3.01. The molecule has 0 aromatic heterocycles. The normalized spacial score (nSPS) is 11.9. The van der Waals surface area contributed by atoms with Gasteiger partial charge < -0.3 is 13.1 Å². The fourth-order valence-electron chi connectivity index (χ4n) is 1.80. The van der Waals surface area contributed by atoms with Crippen molar-refractivity contribution < 1.29 is 17.9 Å². The maximum atomic E-state index is 11.2. The Hall–Kier alpha value is -0.250. The molecule has 2 N–H and O–H groups in total. The third kappa shape index (κ3) is 4.37. The minimum atomic E-state index is -1.09. The first kappa shape index (κ1) is 18.7. The van der Waals surface area contributed by atoms with Crippen molar-refractivity contribution in [3.8, 4) is 5.75 Å². The van der Waals surface area contributed by atoms with Gasteiger partial charge in [0.05, 0.1) is 0 Å². The predicted molar refractivity (Wildman–Crippen MR) is 80.4 cm³/mol. The summed E-state index contributed by atoms with van der Waals surface area (Å²) in [5.41, 5.74) is 1.12. The summed E-state index contributed by atoms with van der Waals surface area (Å²) in [4.78, 5) is 11.2. The Morgan fingerprint density at radius 2 is 1.53 bits per heavy atom. The number of aromatic carboxylic acids is 1. The van der Waals surface area contributed by atoms with Crippen molar-refractivity contribution in [3.63, 3.8) is 0 Å². The SMILES string of the molecule is CC(C)(C)c1cc(C(=O)O)c(O)c(C(C)(C)C)c1.[Ca+2].[H-].[H-]. The molecule has 3 nitrogen and oxygen atoms in total. The molecule has 0 spiro atoms. The zero-order chi connectivity index (χ0) is 14.3. The molecule has 0 saturated carbocycles. The van der Waals surface area contributed by atoms with E-state index in [2.05, 4.69) is 0 Å². The van der Waals surface area contributed by atoms with Crippen molar-refractivity contribution in [2.24, 2.45) is 0 Å². The molecule has 1 aromatic carbocycles. The summed E-state index contributed by atoms with van der Waals surface area (Å²) in [6.45, 7) is 12.0. The average molecular weight is 292 g/mol. The van der Waals surface area contributed by atoms with E-state index in [1.54, 1.807) is 6.07 Å². The smallest absolute Gasteiger partial charge is 1.00 e. The van der Waals surface area contributed by atoms with E-state index in [1.165, 1.54) is 0 Å². The van der Waals surface area contributed by atoms with Crippen LogP contribution in [0.5, 0.6) is 5.75 Å². The molecule has 4 heteroatoms. The second kappa shape index (κ2) is 6.02. The largest absolute Gasteiger partial charge is 2.00 e. The molecule has 19 heavy (non-hydrogen) atoms. The van der Waals surface area contributed by atoms with Crippen LogP contribution in [0.3, 0.4) is 0 Å². The van der Waals surface area contributed by atoms with Gasteiger partial charge in [-0.05, 0) is 22.5 Å². The molecular weight excluding hydrogens is 268 g/mol. The third-order valence-electron chi connectivity index (χ3n) is 3.01. The second-order valence-electron chi connectivity index (χ2n) is 6.73.